The molecule has 0 aliphatic rings. The number of amides is 1. The monoisotopic (exact) mass is 395 g/mol. The Kier molecular flexibility index (Phi) is 7.31. The van der Waals surface area contributed by atoms with Crippen LogP contribution < -0.4 is 5.32 Å². The van der Waals surface area contributed by atoms with E-state index in [0.29, 0.717) is 11.3 Å². The van der Waals surface area contributed by atoms with Crippen molar-refractivity contribution in [3.05, 3.63) is 59.9 Å². The first-order valence-electron chi connectivity index (χ1n) is 8.41. The Hall–Kier alpha value is -3.16. The van der Waals surface area contributed by atoms with Crippen LogP contribution in [0.3, 0.4) is 0 Å². The SMILES string of the molecule is CSc1ccc(C(C(C#N)C#N)C(C(C)=O)C(=O)Nc2ccc(F)cc2)cc1. The van der Waals surface area contributed by atoms with Crippen LogP contribution in [0, 0.1) is 40.3 Å². The Balaban J connectivity index is 2.44. The van der Waals surface area contributed by atoms with Crippen molar-refractivity contribution >= 4 is 29.1 Å². The number of halogens is 1. The minimum absolute atomic E-state index is 0.319. The first-order valence-corrected chi connectivity index (χ1v) is 9.63. The summed E-state index contributed by atoms with van der Waals surface area (Å²) in [5, 5.41) is 21.4. The molecule has 0 aliphatic heterocycles. The van der Waals surface area contributed by atoms with Crippen LogP contribution in [-0.4, -0.2) is 17.9 Å². The molecule has 142 valence electrons. The maximum absolute atomic E-state index is 13.1. The first kappa shape index (κ1) is 21.1. The predicted octanol–water partition coefficient (Wildman–Crippen LogP) is 4.14. The molecule has 28 heavy (non-hydrogen) atoms. The van der Waals surface area contributed by atoms with Gasteiger partial charge in [-0.2, -0.15) is 10.5 Å². The second-order valence-electron chi connectivity index (χ2n) is 6.12. The number of hydrogen-bond donors (Lipinski definition) is 1. The molecule has 0 aliphatic carbocycles. The molecule has 0 saturated heterocycles. The molecule has 0 heterocycles. The molecule has 2 unspecified atom stereocenters. The van der Waals surface area contributed by atoms with Crippen molar-refractivity contribution in [2.24, 2.45) is 11.8 Å². The lowest BCUT2D eigenvalue weighted by molar-refractivity contribution is -0.131. The first-order chi connectivity index (χ1) is 13.4. The number of nitriles is 2. The summed E-state index contributed by atoms with van der Waals surface area (Å²) >= 11 is 1.53. The average Bonchev–Trinajstić information content (AvgIpc) is 2.69. The number of rotatable bonds is 7. The van der Waals surface area contributed by atoms with Crippen LogP contribution in [0.5, 0.6) is 0 Å². The molecular weight excluding hydrogens is 377 g/mol. The minimum Gasteiger partial charge on any atom is -0.325 e. The average molecular weight is 395 g/mol. The standard InChI is InChI=1S/C21H18FN3O2S/c1-13(26)19(21(27)25-17-7-5-16(22)6-8-17)20(15(11-23)12-24)14-3-9-18(28-2)10-4-14/h3-10,15,19-20H,1-2H3,(H,25,27). The summed E-state index contributed by atoms with van der Waals surface area (Å²) in [6.07, 6.45) is 1.91. The third kappa shape index (κ3) is 4.97. The second-order valence-corrected chi connectivity index (χ2v) is 7.00. The van der Waals surface area contributed by atoms with E-state index in [2.05, 4.69) is 5.32 Å². The van der Waals surface area contributed by atoms with Crippen LogP contribution in [-0.2, 0) is 9.59 Å². The fourth-order valence-corrected chi connectivity index (χ4v) is 3.35. The highest BCUT2D eigenvalue weighted by atomic mass is 32.2. The molecule has 0 aromatic heterocycles. The van der Waals surface area contributed by atoms with Gasteiger partial charge in [-0.15, -0.1) is 11.8 Å². The van der Waals surface area contributed by atoms with Gasteiger partial charge in [0.05, 0.1) is 12.1 Å². The smallest absolute Gasteiger partial charge is 0.235 e. The van der Waals surface area contributed by atoms with Crippen molar-refractivity contribution in [2.75, 3.05) is 11.6 Å². The largest absolute Gasteiger partial charge is 0.325 e. The normalized spacial score (nSPS) is 12.5. The van der Waals surface area contributed by atoms with Gasteiger partial charge in [-0.25, -0.2) is 4.39 Å². The number of ketones is 1. The maximum Gasteiger partial charge on any atom is 0.235 e. The molecular formula is C21H18FN3O2S. The second kappa shape index (κ2) is 9.68. The van der Waals surface area contributed by atoms with Crippen LogP contribution in [0.1, 0.15) is 18.4 Å². The quantitative estimate of drug-likeness (QED) is 0.562. The molecule has 0 bridgehead atoms. The fourth-order valence-electron chi connectivity index (χ4n) is 2.95. The van der Waals surface area contributed by atoms with E-state index in [1.165, 1.54) is 43.0 Å². The van der Waals surface area contributed by atoms with Gasteiger partial charge in [0.1, 0.15) is 23.4 Å². The van der Waals surface area contributed by atoms with Crippen LogP contribution >= 0.6 is 11.8 Å². The third-order valence-corrected chi connectivity index (χ3v) is 5.07. The summed E-state index contributed by atoms with van der Waals surface area (Å²) in [6.45, 7) is 1.25. The number of carbonyl (C=O) groups excluding carboxylic acids is 2. The van der Waals surface area contributed by atoms with Gasteiger partial charge >= 0.3 is 0 Å². The van der Waals surface area contributed by atoms with Crippen molar-refractivity contribution in [1.29, 1.82) is 10.5 Å². The lowest BCUT2D eigenvalue weighted by Crippen LogP contribution is -2.36. The van der Waals surface area contributed by atoms with E-state index < -0.39 is 35.3 Å². The molecule has 1 amide bonds. The zero-order valence-electron chi connectivity index (χ0n) is 15.3. The molecule has 7 heteroatoms. The van der Waals surface area contributed by atoms with Crippen LogP contribution in [0.2, 0.25) is 0 Å². The van der Waals surface area contributed by atoms with Crippen molar-refractivity contribution in [3.8, 4) is 12.1 Å². The highest BCUT2D eigenvalue weighted by Gasteiger charge is 2.39. The summed E-state index contributed by atoms with van der Waals surface area (Å²) in [7, 11) is 0. The van der Waals surface area contributed by atoms with E-state index in [1.807, 2.05) is 30.5 Å². The van der Waals surface area contributed by atoms with E-state index in [-0.39, 0.29) is 0 Å². The number of nitrogens with zero attached hydrogens (tertiary/aromatic N) is 2. The lowest BCUT2D eigenvalue weighted by atomic mass is 9.75. The predicted molar refractivity (Wildman–Crippen MR) is 105 cm³/mol. The van der Waals surface area contributed by atoms with Crippen molar-refractivity contribution in [2.45, 2.75) is 17.7 Å². The molecule has 0 spiro atoms. The van der Waals surface area contributed by atoms with Gasteiger partial charge in [-0.3, -0.25) is 9.59 Å². The lowest BCUT2D eigenvalue weighted by Gasteiger charge is -2.25. The number of nitrogens with one attached hydrogen (secondary N) is 1. The number of Topliss-reactive ketones (excluding diaryl/α,β-unsaturated/α-hetero) is 1. The van der Waals surface area contributed by atoms with Gasteiger partial charge in [-0.1, -0.05) is 12.1 Å². The number of anilines is 1. The highest BCUT2D eigenvalue weighted by molar-refractivity contribution is 7.98. The number of benzene rings is 2. The Morgan fingerprint density at radius 1 is 1.04 bits per heavy atom. The topological polar surface area (TPSA) is 93.8 Å². The molecule has 2 rings (SSSR count). The highest BCUT2D eigenvalue weighted by Crippen LogP contribution is 2.34. The summed E-state index contributed by atoms with van der Waals surface area (Å²) in [6, 6.07) is 16.0. The van der Waals surface area contributed by atoms with Crippen LogP contribution in [0.4, 0.5) is 10.1 Å². The Morgan fingerprint density at radius 3 is 2.07 bits per heavy atom. The molecule has 0 saturated carbocycles. The molecule has 0 fully saturated rings. The molecule has 0 radical (unpaired) electrons. The molecule has 1 N–H and O–H groups in total. The molecule has 2 atom stereocenters. The summed E-state index contributed by atoms with van der Waals surface area (Å²) in [5.74, 6) is -4.92. The molecule has 5 nitrogen and oxygen atoms in total. The van der Waals surface area contributed by atoms with Gasteiger partial charge in [0, 0.05) is 16.5 Å². The van der Waals surface area contributed by atoms with E-state index >= 15 is 0 Å². The van der Waals surface area contributed by atoms with E-state index in [1.54, 1.807) is 12.1 Å². The summed E-state index contributed by atoms with van der Waals surface area (Å²) in [5.41, 5.74) is 0.875. The van der Waals surface area contributed by atoms with Gasteiger partial charge in [0.25, 0.3) is 0 Å². The van der Waals surface area contributed by atoms with Crippen molar-refractivity contribution in [3.63, 3.8) is 0 Å². The third-order valence-electron chi connectivity index (χ3n) is 4.33. The number of thioether (sulfide) groups is 1. The maximum atomic E-state index is 13.1. The van der Waals surface area contributed by atoms with Crippen LogP contribution in [0.15, 0.2) is 53.4 Å². The molecule has 2 aromatic carbocycles. The number of hydrogen-bond acceptors (Lipinski definition) is 5. The minimum atomic E-state index is -1.24. The van der Waals surface area contributed by atoms with Crippen LogP contribution in [0.25, 0.3) is 0 Å². The fraction of sp³-hybridized carbons (Fsp3) is 0.238. The molecule has 2 aromatic rings. The zero-order chi connectivity index (χ0) is 20.7. The van der Waals surface area contributed by atoms with Gasteiger partial charge in [-0.05, 0) is 55.1 Å². The Morgan fingerprint density at radius 2 is 1.61 bits per heavy atom. The Bertz CT molecular complexity index is 916. The van der Waals surface area contributed by atoms with E-state index in [4.69, 9.17) is 0 Å². The van der Waals surface area contributed by atoms with Crippen molar-refractivity contribution in [1.82, 2.24) is 0 Å². The van der Waals surface area contributed by atoms with Crippen molar-refractivity contribution < 1.29 is 14.0 Å². The van der Waals surface area contributed by atoms with E-state index in [9.17, 15) is 24.5 Å². The zero-order valence-corrected chi connectivity index (χ0v) is 16.2. The summed E-state index contributed by atoms with van der Waals surface area (Å²) < 4.78 is 13.1. The van der Waals surface area contributed by atoms with Gasteiger partial charge < -0.3 is 5.32 Å². The van der Waals surface area contributed by atoms with E-state index in [0.717, 1.165) is 4.90 Å². The Labute approximate surface area is 167 Å². The number of carbonyl (C=O) groups is 2. The van der Waals surface area contributed by atoms with Gasteiger partial charge in [0.15, 0.2) is 0 Å². The summed E-state index contributed by atoms with van der Waals surface area (Å²) in [4.78, 5) is 26.2. The van der Waals surface area contributed by atoms with Gasteiger partial charge in [0.2, 0.25) is 5.91 Å².